The van der Waals surface area contributed by atoms with E-state index in [0.717, 1.165) is 25.9 Å². The van der Waals surface area contributed by atoms with Gasteiger partial charge in [0.05, 0.1) is 0 Å². The number of amides is 1. The van der Waals surface area contributed by atoms with Gasteiger partial charge in [0, 0.05) is 37.3 Å². The first-order valence-electron chi connectivity index (χ1n) is 7.54. The minimum Gasteiger partial charge on any atom is -0.371 e. The fraction of sp³-hybridized carbons (Fsp3) is 0.562. The molecule has 0 spiro atoms. The zero-order valence-corrected chi connectivity index (χ0v) is 12.0. The molecular formula is C16H23N3O. The maximum atomic E-state index is 11.5. The molecule has 0 aromatic heterocycles. The maximum absolute atomic E-state index is 11.5. The number of rotatable bonds is 2. The largest absolute Gasteiger partial charge is 0.371 e. The van der Waals surface area contributed by atoms with Crippen LogP contribution in [0.4, 0.5) is 5.69 Å². The first-order chi connectivity index (χ1) is 9.65. The van der Waals surface area contributed by atoms with E-state index in [9.17, 15) is 4.79 Å². The van der Waals surface area contributed by atoms with Gasteiger partial charge in [0.15, 0.2) is 0 Å². The van der Waals surface area contributed by atoms with E-state index in [1.807, 2.05) is 6.92 Å². The molecule has 2 unspecified atom stereocenters. The molecule has 108 valence electrons. The molecule has 0 radical (unpaired) electrons. The summed E-state index contributed by atoms with van der Waals surface area (Å²) in [7, 11) is 0. The van der Waals surface area contributed by atoms with Gasteiger partial charge in [0.2, 0.25) is 5.91 Å². The number of para-hydroxylation sites is 1. The molecule has 20 heavy (non-hydrogen) atoms. The molecule has 2 fully saturated rings. The predicted octanol–water partition coefficient (Wildman–Crippen LogP) is 1.81. The van der Waals surface area contributed by atoms with Crippen LogP contribution in [0.5, 0.6) is 0 Å². The number of carbonyl (C=O) groups excluding carboxylic acids is 1. The number of hydrogen-bond donors (Lipinski definition) is 2. The lowest BCUT2D eigenvalue weighted by molar-refractivity contribution is -0.124. The highest BCUT2D eigenvalue weighted by atomic mass is 16.1. The molecule has 1 aromatic carbocycles. The molecule has 4 heteroatoms. The lowest BCUT2D eigenvalue weighted by Crippen LogP contribution is -2.54. The fourth-order valence-corrected chi connectivity index (χ4v) is 3.49. The second kappa shape index (κ2) is 5.44. The SMILES string of the molecule is C[C@@H](N)c1ccccc1N1CCC2NC(=O)CCC2C1. The number of fused-ring (bicyclic) bond motifs is 1. The molecule has 3 atom stereocenters. The van der Waals surface area contributed by atoms with Crippen molar-refractivity contribution in [2.24, 2.45) is 11.7 Å². The van der Waals surface area contributed by atoms with Crippen molar-refractivity contribution in [3.8, 4) is 0 Å². The lowest BCUT2D eigenvalue weighted by Gasteiger charge is -2.43. The van der Waals surface area contributed by atoms with Gasteiger partial charge in [-0.1, -0.05) is 18.2 Å². The van der Waals surface area contributed by atoms with Gasteiger partial charge in [-0.15, -0.1) is 0 Å². The summed E-state index contributed by atoms with van der Waals surface area (Å²) in [5.74, 6) is 0.790. The van der Waals surface area contributed by atoms with E-state index in [4.69, 9.17) is 5.73 Å². The van der Waals surface area contributed by atoms with Crippen molar-refractivity contribution in [1.82, 2.24) is 5.32 Å². The van der Waals surface area contributed by atoms with Gasteiger partial charge >= 0.3 is 0 Å². The second-order valence-electron chi connectivity index (χ2n) is 6.05. The van der Waals surface area contributed by atoms with Crippen LogP contribution in [-0.2, 0) is 4.79 Å². The summed E-state index contributed by atoms with van der Waals surface area (Å²) in [6.45, 7) is 4.05. The Hall–Kier alpha value is -1.55. The summed E-state index contributed by atoms with van der Waals surface area (Å²) in [5, 5.41) is 3.14. The van der Waals surface area contributed by atoms with E-state index in [1.54, 1.807) is 0 Å². The third-order valence-electron chi connectivity index (χ3n) is 4.59. The van der Waals surface area contributed by atoms with E-state index in [0.29, 0.717) is 18.4 Å². The van der Waals surface area contributed by atoms with Crippen LogP contribution in [0.15, 0.2) is 24.3 Å². The Morgan fingerprint density at radius 2 is 2.15 bits per heavy atom. The Labute approximate surface area is 120 Å². The normalized spacial score (nSPS) is 27.7. The van der Waals surface area contributed by atoms with Crippen LogP contribution in [0.3, 0.4) is 0 Å². The number of piperidine rings is 2. The number of nitrogens with zero attached hydrogens (tertiary/aromatic N) is 1. The monoisotopic (exact) mass is 273 g/mol. The quantitative estimate of drug-likeness (QED) is 0.864. The summed E-state index contributed by atoms with van der Waals surface area (Å²) in [6.07, 6.45) is 2.71. The summed E-state index contributed by atoms with van der Waals surface area (Å²) < 4.78 is 0. The Morgan fingerprint density at radius 3 is 2.95 bits per heavy atom. The number of anilines is 1. The van der Waals surface area contributed by atoms with Crippen molar-refractivity contribution < 1.29 is 4.79 Å². The van der Waals surface area contributed by atoms with Crippen LogP contribution in [0.1, 0.15) is 37.8 Å². The highest BCUT2D eigenvalue weighted by Crippen LogP contribution is 2.32. The fourth-order valence-electron chi connectivity index (χ4n) is 3.49. The highest BCUT2D eigenvalue weighted by molar-refractivity contribution is 5.77. The topological polar surface area (TPSA) is 58.4 Å². The van der Waals surface area contributed by atoms with Crippen molar-refractivity contribution in [2.75, 3.05) is 18.0 Å². The van der Waals surface area contributed by atoms with E-state index in [2.05, 4.69) is 34.5 Å². The first kappa shape index (κ1) is 13.4. The molecule has 0 aliphatic carbocycles. The van der Waals surface area contributed by atoms with Crippen molar-refractivity contribution in [1.29, 1.82) is 0 Å². The van der Waals surface area contributed by atoms with Crippen LogP contribution in [-0.4, -0.2) is 25.0 Å². The van der Waals surface area contributed by atoms with Crippen molar-refractivity contribution in [2.45, 2.75) is 38.3 Å². The molecule has 2 aliphatic rings. The number of hydrogen-bond acceptors (Lipinski definition) is 3. The van der Waals surface area contributed by atoms with Gasteiger partial charge < -0.3 is 16.0 Å². The van der Waals surface area contributed by atoms with Gasteiger partial charge in [0.1, 0.15) is 0 Å². The number of nitrogens with two attached hydrogens (primary N) is 1. The second-order valence-corrected chi connectivity index (χ2v) is 6.05. The van der Waals surface area contributed by atoms with Crippen molar-refractivity contribution in [3.05, 3.63) is 29.8 Å². The van der Waals surface area contributed by atoms with Gasteiger partial charge in [-0.2, -0.15) is 0 Å². The maximum Gasteiger partial charge on any atom is 0.220 e. The minimum atomic E-state index is 0.0509. The van der Waals surface area contributed by atoms with Gasteiger partial charge in [-0.05, 0) is 37.3 Å². The number of nitrogens with one attached hydrogen (secondary N) is 1. The van der Waals surface area contributed by atoms with Crippen molar-refractivity contribution in [3.63, 3.8) is 0 Å². The van der Waals surface area contributed by atoms with Gasteiger partial charge in [-0.3, -0.25) is 4.79 Å². The van der Waals surface area contributed by atoms with Crippen LogP contribution in [0.25, 0.3) is 0 Å². The van der Waals surface area contributed by atoms with E-state index in [-0.39, 0.29) is 11.9 Å². The molecule has 2 aliphatic heterocycles. The molecular weight excluding hydrogens is 250 g/mol. The molecule has 2 heterocycles. The average Bonchev–Trinajstić information content (AvgIpc) is 2.46. The smallest absolute Gasteiger partial charge is 0.220 e. The van der Waals surface area contributed by atoms with Crippen molar-refractivity contribution >= 4 is 11.6 Å². The molecule has 1 amide bonds. The van der Waals surface area contributed by atoms with Crippen LogP contribution in [0, 0.1) is 5.92 Å². The lowest BCUT2D eigenvalue weighted by atomic mass is 9.84. The third-order valence-corrected chi connectivity index (χ3v) is 4.59. The number of benzene rings is 1. The molecule has 3 rings (SSSR count). The van der Waals surface area contributed by atoms with E-state index in [1.165, 1.54) is 11.3 Å². The number of carbonyl (C=O) groups is 1. The van der Waals surface area contributed by atoms with Gasteiger partial charge in [0.25, 0.3) is 0 Å². The molecule has 1 aromatic rings. The van der Waals surface area contributed by atoms with Crippen LogP contribution in [0.2, 0.25) is 0 Å². The Morgan fingerprint density at radius 1 is 1.35 bits per heavy atom. The van der Waals surface area contributed by atoms with Crippen LogP contribution >= 0.6 is 0 Å². The third kappa shape index (κ3) is 2.52. The summed E-state index contributed by atoms with van der Waals surface area (Å²) in [6, 6.07) is 8.84. The zero-order valence-electron chi connectivity index (χ0n) is 12.0. The van der Waals surface area contributed by atoms with Gasteiger partial charge in [-0.25, -0.2) is 0 Å². The standard InChI is InChI=1S/C16H23N3O/c1-11(17)13-4-2-3-5-15(13)19-9-8-14-12(10-19)6-7-16(20)18-14/h2-5,11-12,14H,6-10,17H2,1H3,(H,18,20)/t11-,12?,14?/m1/s1. The Balaban J connectivity index is 1.78. The summed E-state index contributed by atoms with van der Waals surface area (Å²) >= 11 is 0. The van der Waals surface area contributed by atoms with E-state index >= 15 is 0 Å². The zero-order chi connectivity index (χ0) is 14.1. The molecule has 0 bridgehead atoms. The first-order valence-corrected chi connectivity index (χ1v) is 7.54. The average molecular weight is 273 g/mol. The summed E-state index contributed by atoms with van der Waals surface area (Å²) in [4.78, 5) is 13.9. The molecule has 2 saturated heterocycles. The Kier molecular flexibility index (Phi) is 3.66. The highest BCUT2D eigenvalue weighted by Gasteiger charge is 2.34. The Bertz CT molecular complexity index is 500. The predicted molar refractivity (Wildman–Crippen MR) is 80.5 cm³/mol. The molecule has 3 N–H and O–H groups in total. The minimum absolute atomic E-state index is 0.0509. The van der Waals surface area contributed by atoms with E-state index < -0.39 is 0 Å². The van der Waals surface area contributed by atoms with Crippen LogP contribution < -0.4 is 16.0 Å². The molecule has 0 saturated carbocycles. The molecule has 4 nitrogen and oxygen atoms in total. The summed E-state index contributed by atoms with van der Waals surface area (Å²) in [5.41, 5.74) is 8.56.